The third-order valence-corrected chi connectivity index (χ3v) is 2.76. The molecule has 118 valence electrons. The highest BCUT2D eigenvalue weighted by atomic mass is 19.4. The first kappa shape index (κ1) is 14.8. The minimum atomic E-state index is -4.47. The van der Waals surface area contributed by atoms with Gasteiger partial charge in [-0.2, -0.15) is 13.2 Å². The summed E-state index contributed by atoms with van der Waals surface area (Å²) >= 11 is 0. The van der Waals surface area contributed by atoms with Gasteiger partial charge in [0, 0.05) is 6.07 Å². The Kier molecular flexibility index (Phi) is 3.61. The number of pyridine rings is 1. The molecule has 9 heteroatoms. The number of hydrogen-bond donors (Lipinski definition) is 1. The number of nitrogens with one attached hydrogen (secondary N) is 1. The molecule has 0 aliphatic heterocycles. The summed E-state index contributed by atoms with van der Waals surface area (Å²) < 4.78 is 48.1. The van der Waals surface area contributed by atoms with Crippen molar-refractivity contribution in [3.8, 4) is 23.2 Å². The van der Waals surface area contributed by atoms with E-state index in [1.807, 2.05) is 0 Å². The van der Waals surface area contributed by atoms with Gasteiger partial charge < -0.3 is 9.15 Å². The average molecular weight is 323 g/mol. The summed E-state index contributed by atoms with van der Waals surface area (Å²) in [6, 6.07) is 8.91. The van der Waals surface area contributed by atoms with Crippen LogP contribution in [0.25, 0.3) is 11.6 Å². The number of hydrogen-bond acceptors (Lipinski definition) is 5. The Morgan fingerprint density at radius 2 is 1.91 bits per heavy atom. The van der Waals surface area contributed by atoms with Crippen LogP contribution in [-0.4, -0.2) is 15.2 Å². The largest absolute Gasteiger partial charge is 0.439 e. The van der Waals surface area contributed by atoms with Crippen molar-refractivity contribution in [1.82, 2.24) is 15.2 Å². The Balaban J connectivity index is 1.88. The van der Waals surface area contributed by atoms with Crippen LogP contribution in [0, 0.1) is 0 Å². The quantitative estimate of drug-likeness (QED) is 0.800. The highest BCUT2D eigenvalue weighted by Crippen LogP contribution is 2.32. The normalized spacial score (nSPS) is 11.4. The second kappa shape index (κ2) is 5.59. The van der Waals surface area contributed by atoms with Gasteiger partial charge in [-0.1, -0.05) is 12.1 Å². The first-order valence-electron chi connectivity index (χ1n) is 6.30. The fourth-order valence-corrected chi connectivity index (χ4v) is 1.79. The molecule has 0 aliphatic carbocycles. The molecule has 3 rings (SSSR count). The van der Waals surface area contributed by atoms with Gasteiger partial charge in [0.2, 0.25) is 5.88 Å². The van der Waals surface area contributed by atoms with Crippen molar-refractivity contribution in [2.75, 3.05) is 0 Å². The highest BCUT2D eigenvalue weighted by Gasteiger charge is 2.30. The molecule has 2 heterocycles. The van der Waals surface area contributed by atoms with E-state index in [1.165, 1.54) is 24.3 Å². The van der Waals surface area contributed by atoms with Crippen molar-refractivity contribution in [2.24, 2.45) is 0 Å². The molecule has 2 aromatic heterocycles. The van der Waals surface area contributed by atoms with Gasteiger partial charge in [0.25, 0.3) is 5.89 Å². The van der Waals surface area contributed by atoms with Gasteiger partial charge in [0.1, 0.15) is 11.4 Å². The van der Waals surface area contributed by atoms with Crippen LogP contribution in [0.3, 0.4) is 0 Å². The lowest BCUT2D eigenvalue weighted by Crippen LogP contribution is -2.04. The summed E-state index contributed by atoms with van der Waals surface area (Å²) in [6.07, 6.45) is -4.47. The molecule has 0 radical (unpaired) electrons. The number of aromatic amines is 1. The Labute approximate surface area is 126 Å². The zero-order valence-corrected chi connectivity index (χ0v) is 11.3. The Bertz CT molecular complexity index is 886. The van der Waals surface area contributed by atoms with Crippen LogP contribution < -0.4 is 10.5 Å². The smallest absolute Gasteiger partial charge is 0.434 e. The third kappa shape index (κ3) is 3.39. The van der Waals surface area contributed by atoms with E-state index in [4.69, 9.17) is 9.15 Å². The molecule has 0 saturated carbocycles. The Hall–Kier alpha value is -3.10. The van der Waals surface area contributed by atoms with E-state index >= 15 is 0 Å². The molecule has 0 spiro atoms. The maximum absolute atomic E-state index is 12.7. The van der Waals surface area contributed by atoms with E-state index in [0.29, 0.717) is 0 Å². The Morgan fingerprint density at radius 3 is 2.61 bits per heavy atom. The third-order valence-electron chi connectivity index (χ3n) is 2.76. The summed E-state index contributed by atoms with van der Waals surface area (Å²) in [7, 11) is 0. The first-order valence-corrected chi connectivity index (χ1v) is 6.30. The lowest BCUT2D eigenvalue weighted by Gasteiger charge is -2.09. The van der Waals surface area contributed by atoms with E-state index in [-0.39, 0.29) is 23.2 Å². The zero-order valence-electron chi connectivity index (χ0n) is 11.3. The van der Waals surface area contributed by atoms with E-state index in [0.717, 1.165) is 12.1 Å². The van der Waals surface area contributed by atoms with Crippen molar-refractivity contribution in [3.63, 3.8) is 0 Å². The minimum absolute atomic E-state index is 0.0204. The van der Waals surface area contributed by atoms with Gasteiger partial charge in [-0.25, -0.2) is 14.9 Å². The van der Waals surface area contributed by atoms with Crippen LogP contribution in [0.15, 0.2) is 51.7 Å². The van der Waals surface area contributed by atoms with Crippen LogP contribution in [-0.2, 0) is 6.18 Å². The van der Waals surface area contributed by atoms with E-state index in [1.54, 1.807) is 6.07 Å². The molecule has 6 nitrogen and oxygen atoms in total. The van der Waals surface area contributed by atoms with Gasteiger partial charge in [-0.15, -0.1) is 5.10 Å². The van der Waals surface area contributed by atoms with Crippen molar-refractivity contribution in [2.45, 2.75) is 6.18 Å². The zero-order chi connectivity index (χ0) is 16.4. The molecule has 0 bridgehead atoms. The molecule has 1 N–H and O–H groups in total. The topological polar surface area (TPSA) is 81.0 Å². The maximum atomic E-state index is 12.7. The maximum Gasteiger partial charge on any atom is 0.434 e. The number of halogens is 3. The molecule has 23 heavy (non-hydrogen) atoms. The first-order chi connectivity index (χ1) is 10.9. The van der Waals surface area contributed by atoms with Crippen LogP contribution in [0.2, 0.25) is 0 Å². The molecule has 0 aliphatic rings. The summed E-state index contributed by atoms with van der Waals surface area (Å²) in [5.74, 6) is -0.782. The van der Waals surface area contributed by atoms with Crippen LogP contribution in [0.4, 0.5) is 13.2 Å². The number of ether oxygens (including phenoxy) is 1. The highest BCUT2D eigenvalue weighted by molar-refractivity contribution is 5.47. The molecular weight excluding hydrogens is 315 g/mol. The second-order valence-corrected chi connectivity index (χ2v) is 4.41. The summed E-state index contributed by atoms with van der Waals surface area (Å²) in [4.78, 5) is 14.9. The molecule has 0 atom stereocenters. The molecule has 0 amide bonds. The lowest BCUT2D eigenvalue weighted by molar-refractivity contribution is -0.137. The molecule has 3 aromatic rings. The molecule has 0 saturated heterocycles. The van der Waals surface area contributed by atoms with Crippen molar-refractivity contribution >= 4 is 0 Å². The predicted molar refractivity (Wildman–Crippen MR) is 71.9 cm³/mol. The standard InChI is InChI=1S/C14H8F3N3O3/c15-14(16,17)8-3-1-4-9(7-8)22-11-6-2-5-10(18-11)12-19-20-13(21)23-12/h1-7H,(H,20,21). The predicted octanol–water partition coefficient (Wildman–Crippen LogP) is 3.24. The second-order valence-electron chi connectivity index (χ2n) is 4.41. The van der Waals surface area contributed by atoms with Gasteiger partial charge >= 0.3 is 11.9 Å². The number of benzene rings is 1. The Morgan fingerprint density at radius 1 is 1.13 bits per heavy atom. The number of alkyl halides is 3. The van der Waals surface area contributed by atoms with E-state index < -0.39 is 17.5 Å². The van der Waals surface area contributed by atoms with E-state index in [2.05, 4.69) is 15.2 Å². The van der Waals surface area contributed by atoms with Crippen LogP contribution in [0.5, 0.6) is 11.6 Å². The van der Waals surface area contributed by atoms with Crippen LogP contribution >= 0.6 is 0 Å². The fourth-order valence-electron chi connectivity index (χ4n) is 1.79. The van der Waals surface area contributed by atoms with Crippen molar-refractivity contribution < 1.29 is 22.3 Å². The minimum Gasteiger partial charge on any atom is -0.439 e. The van der Waals surface area contributed by atoms with Gasteiger partial charge in [0.05, 0.1) is 5.56 Å². The van der Waals surface area contributed by atoms with E-state index in [9.17, 15) is 18.0 Å². The average Bonchev–Trinajstić information content (AvgIpc) is 2.94. The summed E-state index contributed by atoms with van der Waals surface area (Å²) in [5.41, 5.74) is -0.628. The summed E-state index contributed by atoms with van der Waals surface area (Å²) in [5, 5.41) is 5.69. The number of nitrogens with zero attached hydrogens (tertiary/aromatic N) is 2. The van der Waals surface area contributed by atoms with Gasteiger partial charge in [0.15, 0.2) is 0 Å². The number of H-pyrrole nitrogens is 1. The van der Waals surface area contributed by atoms with Crippen molar-refractivity contribution in [3.05, 3.63) is 58.6 Å². The summed E-state index contributed by atoms with van der Waals surface area (Å²) in [6.45, 7) is 0. The van der Waals surface area contributed by atoms with Crippen LogP contribution in [0.1, 0.15) is 5.56 Å². The van der Waals surface area contributed by atoms with Gasteiger partial charge in [-0.05, 0) is 24.3 Å². The molecule has 1 aromatic carbocycles. The monoisotopic (exact) mass is 323 g/mol. The molecule has 0 unspecified atom stereocenters. The van der Waals surface area contributed by atoms with Gasteiger partial charge in [-0.3, -0.25) is 0 Å². The fraction of sp³-hybridized carbons (Fsp3) is 0.0714. The molecular formula is C14H8F3N3O3. The van der Waals surface area contributed by atoms with Crippen molar-refractivity contribution in [1.29, 1.82) is 0 Å². The SMILES string of the molecule is O=c1[nH]nc(-c2cccc(Oc3cccc(C(F)(F)F)c3)n2)o1. The number of aromatic nitrogens is 3. The lowest BCUT2D eigenvalue weighted by atomic mass is 10.2. The molecule has 0 fully saturated rings. The number of rotatable bonds is 3.